The molecule has 1 aromatic carbocycles. The SMILES string of the molecule is Cc1c(Cl)cccc1-n1c(SCC(=O)NC2CCCCC2)nc2n[nH]c(C)c2c1=N. The summed E-state index contributed by atoms with van der Waals surface area (Å²) in [7, 11) is 0. The molecule has 30 heavy (non-hydrogen) atoms. The molecule has 2 heterocycles. The number of aryl methyl sites for hydroxylation is 1. The molecule has 1 aliphatic carbocycles. The summed E-state index contributed by atoms with van der Waals surface area (Å²) in [5.74, 6) is 0.227. The van der Waals surface area contributed by atoms with E-state index in [9.17, 15) is 4.79 Å². The highest BCUT2D eigenvalue weighted by molar-refractivity contribution is 7.99. The minimum absolute atomic E-state index is 0.00657. The third-order valence-corrected chi connectivity index (χ3v) is 6.91. The van der Waals surface area contributed by atoms with E-state index in [2.05, 4.69) is 20.5 Å². The Morgan fingerprint density at radius 2 is 2.10 bits per heavy atom. The molecule has 7 nitrogen and oxygen atoms in total. The van der Waals surface area contributed by atoms with Crippen molar-refractivity contribution in [3.8, 4) is 5.69 Å². The van der Waals surface area contributed by atoms with Crippen molar-refractivity contribution in [1.29, 1.82) is 5.41 Å². The van der Waals surface area contributed by atoms with E-state index in [1.807, 2.05) is 32.0 Å². The molecule has 0 atom stereocenters. The van der Waals surface area contributed by atoms with E-state index in [-0.39, 0.29) is 23.2 Å². The molecule has 158 valence electrons. The average Bonchev–Trinajstić information content (AvgIpc) is 3.11. The van der Waals surface area contributed by atoms with Gasteiger partial charge in [-0.25, -0.2) is 4.98 Å². The number of hydrogen-bond acceptors (Lipinski definition) is 5. The number of carbonyl (C=O) groups is 1. The number of rotatable bonds is 5. The molecule has 0 spiro atoms. The zero-order valence-electron chi connectivity index (χ0n) is 17.1. The fourth-order valence-electron chi connectivity index (χ4n) is 3.93. The summed E-state index contributed by atoms with van der Waals surface area (Å²) in [6.45, 7) is 3.79. The number of hydrogen-bond donors (Lipinski definition) is 3. The van der Waals surface area contributed by atoms with Crippen LogP contribution in [0.4, 0.5) is 0 Å². The van der Waals surface area contributed by atoms with Gasteiger partial charge >= 0.3 is 0 Å². The molecule has 0 aliphatic heterocycles. The second-order valence-electron chi connectivity index (χ2n) is 7.70. The predicted octanol–water partition coefficient (Wildman–Crippen LogP) is 4.04. The number of H-pyrrole nitrogens is 1. The molecule has 0 bridgehead atoms. The van der Waals surface area contributed by atoms with Crippen molar-refractivity contribution in [2.24, 2.45) is 0 Å². The van der Waals surface area contributed by atoms with Crippen LogP contribution in [0.1, 0.15) is 43.4 Å². The number of halogens is 1. The zero-order valence-corrected chi connectivity index (χ0v) is 18.7. The molecule has 2 aromatic heterocycles. The van der Waals surface area contributed by atoms with Crippen molar-refractivity contribution in [1.82, 2.24) is 25.1 Å². The first-order chi connectivity index (χ1) is 14.5. The van der Waals surface area contributed by atoms with Gasteiger partial charge in [0.15, 0.2) is 10.8 Å². The Bertz CT molecular complexity index is 1150. The van der Waals surface area contributed by atoms with Gasteiger partial charge in [-0.2, -0.15) is 5.10 Å². The normalized spacial score (nSPS) is 14.9. The lowest BCUT2D eigenvalue weighted by atomic mass is 9.95. The average molecular weight is 445 g/mol. The van der Waals surface area contributed by atoms with Crippen LogP contribution < -0.4 is 10.8 Å². The number of nitrogens with zero attached hydrogens (tertiary/aromatic N) is 3. The summed E-state index contributed by atoms with van der Waals surface area (Å²) in [6, 6.07) is 5.86. The lowest BCUT2D eigenvalue weighted by molar-refractivity contribution is -0.119. The van der Waals surface area contributed by atoms with E-state index in [1.54, 1.807) is 4.57 Å². The van der Waals surface area contributed by atoms with E-state index in [0.29, 0.717) is 21.2 Å². The van der Waals surface area contributed by atoms with Crippen LogP contribution in [0.15, 0.2) is 23.4 Å². The van der Waals surface area contributed by atoms with Gasteiger partial charge in [-0.3, -0.25) is 19.9 Å². The fourth-order valence-corrected chi connectivity index (χ4v) is 4.92. The lowest BCUT2D eigenvalue weighted by Gasteiger charge is -2.22. The van der Waals surface area contributed by atoms with Gasteiger partial charge in [0.25, 0.3) is 0 Å². The molecule has 3 N–H and O–H groups in total. The third-order valence-electron chi connectivity index (χ3n) is 5.56. The fraction of sp³-hybridized carbons (Fsp3) is 0.429. The van der Waals surface area contributed by atoms with Crippen LogP contribution in [-0.4, -0.2) is 37.5 Å². The molecule has 0 saturated heterocycles. The summed E-state index contributed by atoms with van der Waals surface area (Å²) in [4.78, 5) is 17.2. The number of aromatic amines is 1. The Morgan fingerprint density at radius 3 is 2.87 bits per heavy atom. The Morgan fingerprint density at radius 1 is 1.33 bits per heavy atom. The summed E-state index contributed by atoms with van der Waals surface area (Å²) in [5, 5.41) is 20.9. The molecule has 1 amide bonds. The van der Waals surface area contributed by atoms with Crippen LogP contribution in [0.2, 0.25) is 5.02 Å². The molecule has 0 radical (unpaired) electrons. The quantitative estimate of drug-likeness (QED) is 0.408. The van der Waals surface area contributed by atoms with Gasteiger partial charge in [0.1, 0.15) is 5.49 Å². The van der Waals surface area contributed by atoms with E-state index in [1.165, 1.54) is 31.0 Å². The number of thioether (sulfide) groups is 1. The molecule has 9 heteroatoms. The highest BCUT2D eigenvalue weighted by Crippen LogP contribution is 2.27. The Hall–Kier alpha value is -2.32. The topological polar surface area (TPSA) is 99.4 Å². The van der Waals surface area contributed by atoms with Crippen LogP contribution >= 0.6 is 23.4 Å². The number of amides is 1. The number of aromatic nitrogens is 4. The van der Waals surface area contributed by atoms with Gasteiger partial charge < -0.3 is 5.32 Å². The first-order valence-corrected chi connectivity index (χ1v) is 11.5. The van der Waals surface area contributed by atoms with Crippen molar-refractivity contribution < 1.29 is 4.79 Å². The molecule has 1 fully saturated rings. The molecule has 0 unspecified atom stereocenters. The van der Waals surface area contributed by atoms with E-state index in [4.69, 9.17) is 17.0 Å². The lowest BCUT2D eigenvalue weighted by Crippen LogP contribution is -2.37. The molecule has 4 rings (SSSR count). The molecule has 1 aliphatic rings. The van der Waals surface area contributed by atoms with Crippen LogP contribution in [0, 0.1) is 19.3 Å². The first-order valence-electron chi connectivity index (χ1n) is 10.2. The van der Waals surface area contributed by atoms with Crippen molar-refractivity contribution >= 4 is 40.3 Å². The van der Waals surface area contributed by atoms with Gasteiger partial charge in [-0.1, -0.05) is 48.7 Å². The predicted molar refractivity (Wildman–Crippen MR) is 119 cm³/mol. The van der Waals surface area contributed by atoms with Gasteiger partial charge in [-0.15, -0.1) is 0 Å². The minimum Gasteiger partial charge on any atom is -0.353 e. The smallest absolute Gasteiger partial charge is 0.230 e. The largest absolute Gasteiger partial charge is 0.353 e. The van der Waals surface area contributed by atoms with Gasteiger partial charge in [0, 0.05) is 16.8 Å². The molecular formula is C21H25ClN6OS. The minimum atomic E-state index is -0.00657. The number of benzene rings is 1. The van der Waals surface area contributed by atoms with Crippen molar-refractivity contribution in [3.05, 3.63) is 40.0 Å². The molecule has 3 aromatic rings. The maximum Gasteiger partial charge on any atom is 0.230 e. The maximum absolute atomic E-state index is 12.5. The van der Waals surface area contributed by atoms with Crippen LogP contribution in [0.3, 0.4) is 0 Å². The zero-order chi connectivity index (χ0) is 21.3. The number of nitrogens with one attached hydrogen (secondary N) is 3. The van der Waals surface area contributed by atoms with Crippen LogP contribution in [-0.2, 0) is 4.79 Å². The van der Waals surface area contributed by atoms with Crippen molar-refractivity contribution in [2.45, 2.75) is 57.1 Å². The Balaban J connectivity index is 1.69. The van der Waals surface area contributed by atoms with Gasteiger partial charge in [0.05, 0.1) is 16.8 Å². The van der Waals surface area contributed by atoms with Crippen molar-refractivity contribution in [3.63, 3.8) is 0 Å². The third kappa shape index (κ3) is 4.11. The second kappa shape index (κ2) is 8.81. The number of carbonyl (C=O) groups excluding carboxylic acids is 1. The summed E-state index contributed by atoms with van der Waals surface area (Å²) >= 11 is 7.66. The number of fused-ring (bicyclic) bond motifs is 1. The first kappa shape index (κ1) is 20.9. The highest BCUT2D eigenvalue weighted by Gasteiger charge is 2.19. The van der Waals surface area contributed by atoms with Gasteiger partial charge in [-0.05, 0) is 44.4 Å². The second-order valence-corrected chi connectivity index (χ2v) is 9.05. The molecule has 1 saturated carbocycles. The molecular weight excluding hydrogens is 420 g/mol. The van der Waals surface area contributed by atoms with Crippen LogP contribution in [0.5, 0.6) is 0 Å². The Kier molecular flexibility index (Phi) is 6.15. The summed E-state index contributed by atoms with van der Waals surface area (Å²) < 4.78 is 1.75. The summed E-state index contributed by atoms with van der Waals surface area (Å²) in [5.41, 5.74) is 3.16. The van der Waals surface area contributed by atoms with E-state index in [0.717, 1.165) is 29.8 Å². The standard InChI is InChI=1S/C21H25ClN6OS/c1-12-15(22)9-6-10-16(12)28-19(23)18-13(2)26-27-20(18)25-21(28)30-11-17(29)24-14-7-4-3-5-8-14/h6,9-10,14,23H,3-5,7-8,11H2,1-2H3,(H,24,29)(H,26,27). The monoisotopic (exact) mass is 444 g/mol. The van der Waals surface area contributed by atoms with Crippen LogP contribution in [0.25, 0.3) is 16.7 Å². The maximum atomic E-state index is 12.5. The van der Waals surface area contributed by atoms with Crippen molar-refractivity contribution in [2.75, 3.05) is 5.75 Å². The van der Waals surface area contributed by atoms with Gasteiger partial charge in [0.2, 0.25) is 5.91 Å². The van der Waals surface area contributed by atoms with E-state index >= 15 is 0 Å². The van der Waals surface area contributed by atoms with E-state index < -0.39 is 0 Å². The summed E-state index contributed by atoms with van der Waals surface area (Å²) in [6.07, 6.45) is 5.69. The Labute approximate surface area is 184 Å². The highest BCUT2D eigenvalue weighted by atomic mass is 35.5.